The average Bonchev–Trinajstić information content (AvgIpc) is 2.91. The van der Waals surface area contributed by atoms with Gasteiger partial charge < -0.3 is 5.32 Å². The summed E-state index contributed by atoms with van der Waals surface area (Å²) < 4.78 is 0. The highest BCUT2D eigenvalue weighted by molar-refractivity contribution is 7.10. The second-order valence-electron chi connectivity index (χ2n) is 5.91. The van der Waals surface area contributed by atoms with Crippen LogP contribution in [-0.4, -0.2) is 46.9 Å². The molecule has 0 bridgehead atoms. The lowest BCUT2D eigenvalue weighted by atomic mass is 10.1. The molecule has 1 aromatic heterocycles. The van der Waals surface area contributed by atoms with Gasteiger partial charge in [-0.25, -0.2) is 4.79 Å². The highest BCUT2D eigenvalue weighted by atomic mass is 32.1. The smallest absolute Gasteiger partial charge is 0.324 e. The van der Waals surface area contributed by atoms with Crippen molar-refractivity contribution in [3.05, 3.63) is 21.9 Å². The van der Waals surface area contributed by atoms with Crippen molar-refractivity contribution in [1.82, 2.24) is 15.1 Å². The summed E-state index contributed by atoms with van der Waals surface area (Å²) in [6, 6.07) is 1.90. The number of thiophene rings is 1. The average molecular weight is 293 g/mol. The number of hydrogen-bond donors (Lipinski definition) is 1. The van der Waals surface area contributed by atoms with Crippen LogP contribution in [0.4, 0.5) is 4.79 Å². The van der Waals surface area contributed by atoms with Crippen LogP contribution in [0.2, 0.25) is 0 Å². The molecule has 0 atom stereocenters. The molecule has 1 saturated heterocycles. The van der Waals surface area contributed by atoms with Gasteiger partial charge in [-0.3, -0.25) is 14.6 Å². The second kappa shape index (κ2) is 4.86. The fourth-order valence-corrected chi connectivity index (χ4v) is 3.65. The highest BCUT2D eigenvalue weighted by Gasteiger charge is 2.43. The minimum absolute atomic E-state index is 0.129. The molecule has 1 fully saturated rings. The molecule has 6 heteroatoms. The van der Waals surface area contributed by atoms with Gasteiger partial charge in [0.05, 0.1) is 0 Å². The summed E-state index contributed by atoms with van der Waals surface area (Å²) in [4.78, 5) is 29.0. The van der Waals surface area contributed by atoms with Crippen LogP contribution in [0.5, 0.6) is 0 Å². The molecule has 5 nitrogen and oxygen atoms in total. The molecule has 1 aromatic rings. The lowest BCUT2D eigenvalue weighted by Crippen LogP contribution is -2.42. The van der Waals surface area contributed by atoms with Gasteiger partial charge in [-0.15, -0.1) is 11.3 Å². The van der Waals surface area contributed by atoms with Crippen molar-refractivity contribution in [2.75, 3.05) is 19.6 Å². The Morgan fingerprint density at radius 1 is 1.35 bits per heavy atom. The largest absolute Gasteiger partial charge is 0.325 e. The number of fused-ring (bicyclic) bond motifs is 1. The Bertz CT molecular complexity index is 552. The molecular weight excluding hydrogens is 274 g/mol. The first-order chi connectivity index (χ1) is 9.47. The molecule has 108 valence electrons. The van der Waals surface area contributed by atoms with E-state index in [-0.39, 0.29) is 11.9 Å². The van der Waals surface area contributed by atoms with Crippen molar-refractivity contribution in [2.45, 2.75) is 32.4 Å². The maximum Gasteiger partial charge on any atom is 0.325 e. The zero-order chi connectivity index (χ0) is 14.3. The number of urea groups is 1. The maximum atomic E-state index is 12.1. The molecule has 3 amide bonds. The van der Waals surface area contributed by atoms with Gasteiger partial charge in [0.25, 0.3) is 5.91 Å². The van der Waals surface area contributed by atoms with Crippen molar-refractivity contribution >= 4 is 23.3 Å². The summed E-state index contributed by atoms with van der Waals surface area (Å²) in [5.74, 6) is -0.129. The van der Waals surface area contributed by atoms with Gasteiger partial charge in [0.1, 0.15) is 5.54 Å². The van der Waals surface area contributed by atoms with E-state index in [4.69, 9.17) is 0 Å². The summed E-state index contributed by atoms with van der Waals surface area (Å²) >= 11 is 1.82. The predicted molar refractivity (Wildman–Crippen MR) is 77.6 cm³/mol. The molecule has 2 aliphatic rings. The molecular formula is C14H19N3O2S. The molecule has 20 heavy (non-hydrogen) atoms. The lowest BCUT2D eigenvalue weighted by Gasteiger charge is -2.28. The number of carbonyl (C=O) groups is 2. The molecule has 0 aromatic carbocycles. The molecule has 3 rings (SSSR count). The summed E-state index contributed by atoms with van der Waals surface area (Å²) in [7, 11) is 0. The van der Waals surface area contributed by atoms with E-state index in [0.717, 1.165) is 26.1 Å². The lowest BCUT2D eigenvalue weighted by molar-refractivity contribution is -0.130. The zero-order valence-electron chi connectivity index (χ0n) is 11.8. The first kappa shape index (κ1) is 13.6. The van der Waals surface area contributed by atoms with Crippen LogP contribution >= 0.6 is 11.3 Å². The topological polar surface area (TPSA) is 52.7 Å². The molecule has 0 aliphatic carbocycles. The maximum absolute atomic E-state index is 12.1. The van der Waals surface area contributed by atoms with Crippen molar-refractivity contribution in [3.8, 4) is 0 Å². The van der Waals surface area contributed by atoms with E-state index in [1.54, 1.807) is 13.8 Å². The van der Waals surface area contributed by atoms with Gasteiger partial charge in [0, 0.05) is 31.1 Å². The molecule has 3 heterocycles. The van der Waals surface area contributed by atoms with Crippen molar-refractivity contribution in [2.24, 2.45) is 0 Å². The molecule has 0 saturated carbocycles. The van der Waals surface area contributed by atoms with E-state index in [9.17, 15) is 9.59 Å². The van der Waals surface area contributed by atoms with Crippen LogP contribution in [0.3, 0.4) is 0 Å². The fourth-order valence-electron chi connectivity index (χ4n) is 2.76. The zero-order valence-corrected chi connectivity index (χ0v) is 12.6. The minimum Gasteiger partial charge on any atom is -0.324 e. The second-order valence-corrected chi connectivity index (χ2v) is 6.91. The monoisotopic (exact) mass is 293 g/mol. The Kier molecular flexibility index (Phi) is 3.30. The molecule has 0 spiro atoms. The number of rotatable bonds is 3. The summed E-state index contributed by atoms with van der Waals surface area (Å²) in [6.07, 6.45) is 1.07. The minimum atomic E-state index is -0.764. The van der Waals surface area contributed by atoms with Crippen LogP contribution in [0, 0.1) is 0 Å². The third-order valence-electron chi connectivity index (χ3n) is 3.97. The Labute approximate surface area is 122 Å². The Hall–Kier alpha value is -1.40. The first-order valence-electron chi connectivity index (χ1n) is 6.89. The van der Waals surface area contributed by atoms with Gasteiger partial charge in [0.2, 0.25) is 0 Å². The van der Waals surface area contributed by atoms with E-state index in [0.29, 0.717) is 6.54 Å². The predicted octanol–water partition coefficient (Wildman–Crippen LogP) is 1.44. The van der Waals surface area contributed by atoms with E-state index in [1.807, 2.05) is 11.3 Å². The van der Waals surface area contributed by atoms with Gasteiger partial charge >= 0.3 is 6.03 Å². The SMILES string of the molecule is CC1(C)NC(=O)N(CCN2CCc3sccc3C2)C1=O. The summed E-state index contributed by atoms with van der Waals surface area (Å²) in [6.45, 7) is 6.61. The van der Waals surface area contributed by atoms with Crippen molar-refractivity contribution < 1.29 is 9.59 Å². The summed E-state index contributed by atoms with van der Waals surface area (Å²) in [5.41, 5.74) is 0.623. The number of nitrogens with zero attached hydrogens (tertiary/aromatic N) is 2. The number of nitrogens with one attached hydrogen (secondary N) is 1. The fraction of sp³-hybridized carbons (Fsp3) is 0.571. The van der Waals surface area contributed by atoms with Gasteiger partial charge in [-0.1, -0.05) is 0 Å². The van der Waals surface area contributed by atoms with Crippen molar-refractivity contribution in [1.29, 1.82) is 0 Å². The van der Waals surface area contributed by atoms with Crippen LogP contribution < -0.4 is 5.32 Å². The summed E-state index contributed by atoms with van der Waals surface area (Å²) in [5, 5.41) is 4.85. The van der Waals surface area contributed by atoms with E-state index in [1.165, 1.54) is 15.3 Å². The van der Waals surface area contributed by atoms with E-state index in [2.05, 4.69) is 21.7 Å². The highest BCUT2D eigenvalue weighted by Crippen LogP contribution is 2.24. The van der Waals surface area contributed by atoms with Crippen molar-refractivity contribution in [3.63, 3.8) is 0 Å². The van der Waals surface area contributed by atoms with Gasteiger partial charge in [-0.05, 0) is 37.3 Å². The Balaban J connectivity index is 1.59. The standard InChI is InChI=1S/C14H19N3O2S/c1-14(2)12(18)17(13(19)15-14)7-6-16-5-3-11-10(9-16)4-8-20-11/h4,8H,3,5-7,9H2,1-2H3,(H,15,19). The Morgan fingerprint density at radius 3 is 2.85 bits per heavy atom. The molecule has 0 unspecified atom stereocenters. The van der Waals surface area contributed by atoms with Gasteiger partial charge in [0.15, 0.2) is 0 Å². The molecule has 2 aliphatic heterocycles. The Morgan fingerprint density at radius 2 is 2.15 bits per heavy atom. The molecule has 1 N–H and O–H groups in total. The number of hydrogen-bond acceptors (Lipinski definition) is 4. The third kappa shape index (κ3) is 2.33. The molecule has 0 radical (unpaired) electrons. The number of imide groups is 1. The number of carbonyl (C=O) groups excluding carboxylic acids is 2. The number of amides is 3. The van der Waals surface area contributed by atoms with E-state index < -0.39 is 5.54 Å². The van der Waals surface area contributed by atoms with Gasteiger partial charge in [-0.2, -0.15) is 0 Å². The quantitative estimate of drug-likeness (QED) is 0.858. The van der Waals surface area contributed by atoms with Crippen LogP contribution in [0.1, 0.15) is 24.3 Å². The first-order valence-corrected chi connectivity index (χ1v) is 7.77. The van der Waals surface area contributed by atoms with Crippen LogP contribution in [-0.2, 0) is 17.8 Å². The van der Waals surface area contributed by atoms with Crippen LogP contribution in [0.15, 0.2) is 11.4 Å². The van der Waals surface area contributed by atoms with E-state index >= 15 is 0 Å². The van der Waals surface area contributed by atoms with Crippen LogP contribution in [0.25, 0.3) is 0 Å². The normalized spacial score (nSPS) is 22.0. The third-order valence-corrected chi connectivity index (χ3v) is 4.99.